The average Bonchev–Trinajstić information content (AvgIpc) is 2.43. The molecule has 0 atom stereocenters. The molecular weight excluding hydrogens is 214 g/mol. The van der Waals surface area contributed by atoms with Crippen molar-refractivity contribution in [2.75, 3.05) is 0 Å². The summed E-state index contributed by atoms with van der Waals surface area (Å²) < 4.78 is 0. The van der Waals surface area contributed by atoms with E-state index >= 15 is 0 Å². The largest absolute Gasteiger partial charge is 0.293 e. The molecule has 1 aliphatic rings. The molecule has 0 bridgehead atoms. The Balaban J connectivity index is 2.35. The lowest BCUT2D eigenvalue weighted by atomic mass is 9.97. The SMILES string of the molecule is Cc1ccc(C2=CC(=O)NC(=O)CC2)cc1C. The van der Waals surface area contributed by atoms with Gasteiger partial charge in [0.1, 0.15) is 0 Å². The Bertz CT molecular complexity index is 515. The van der Waals surface area contributed by atoms with Crippen molar-refractivity contribution in [2.45, 2.75) is 26.7 Å². The summed E-state index contributed by atoms with van der Waals surface area (Å²) in [6, 6.07) is 6.09. The van der Waals surface area contributed by atoms with Gasteiger partial charge in [-0.1, -0.05) is 18.2 Å². The molecule has 1 aromatic rings. The van der Waals surface area contributed by atoms with Crippen molar-refractivity contribution in [2.24, 2.45) is 0 Å². The van der Waals surface area contributed by atoms with Crippen LogP contribution >= 0.6 is 0 Å². The molecule has 2 rings (SSSR count). The van der Waals surface area contributed by atoms with Crippen LogP contribution in [-0.2, 0) is 9.59 Å². The van der Waals surface area contributed by atoms with E-state index in [1.54, 1.807) is 0 Å². The second-order valence-corrected chi connectivity index (χ2v) is 4.38. The van der Waals surface area contributed by atoms with E-state index in [0.29, 0.717) is 12.8 Å². The van der Waals surface area contributed by atoms with Crippen molar-refractivity contribution in [1.82, 2.24) is 5.32 Å². The lowest BCUT2D eigenvalue weighted by Gasteiger charge is -2.07. The first kappa shape index (κ1) is 11.6. The van der Waals surface area contributed by atoms with Crippen LogP contribution in [-0.4, -0.2) is 11.8 Å². The molecule has 0 aromatic heterocycles. The first-order valence-corrected chi connectivity index (χ1v) is 5.68. The lowest BCUT2D eigenvalue weighted by molar-refractivity contribution is -0.127. The number of carbonyl (C=O) groups excluding carboxylic acids is 2. The minimum atomic E-state index is -0.319. The lowest BCUT2D eigenvalue weighted by Crippen LogP contribution is -2.26. The third kappa shape index (κ3) is 2.61. The summed E-state index contributed by atoms with van der Waals surface area (Å²) in [5, 5.41) is 2.31. The van der Waals surface area contributed by atoms with Crippen LogP contribution in [0, 0.1) is 13.8 Å². The maximum Gasteiger partial charge on any atom is 0.250 e. The number of nitrogens with one attached hydrogen (secondary N) is 1. The first-order chi connectivity index (χ1) is 8.06. The number of aryl methyl sites for hydroxylation is 2. The Morgan fingerprint density at radius 2 is 1.82 bits per heavy atom. The highest BCUT2D eigenvalue weighted by Gasteiger charge is 2.14. The number of allylic oxidation sites excluding steroid dienone is 1. The number of hydrogen-bond acceptors (Lipinski definition) is 2. The second-order valence-electron chi connectivity index (χ2n) is 4.38. The minimum absolute atomic E-state index is 0.204. The van der Waals surface area contributed by atoms with Gasteiger partial charge in [-0.25, -0.2) is 0 Å². The normalized spacial score (nSPS) is 16.2. The Kier molecular flexibility index (Phi) is 3.09. The van der Waals surface area contributed by atoms with Crippen LogP contribution in [0.2, 0.25) is 0 Å². The van der Waals surface area contributed by atoms with E-state index in [0.717, 1.165) is 11.1 Å². The second kappa shape index (κ2) is 4.53. The summed E-state index contributed by atoms with van der Waals surface area (Å²) in [6.45, 7) is 4.10. The molecule has 3 nitrogen and oxygen atoms in total. The predicted molar refractivity (Wildman–Crippen MR) is 66.3 cm³/mol. The van der Waals surface area contributed by atoms with Gasteiger partial charge in [0.25, 0.3) is 5.91 Å². The molecule has 0 spiro atoms. The van der Waals surface area contributed by atoms with Crippen molar-refractivity contribution in [3.8, 4) is 0 Å². The van der Waals surface area contributed by atoms with Gasteiger partial charge in [-0.05, 0) is 42.5 Å². The van der Waals surface area contributed by atoms with Gasteiger partial charge in [0.15, 0.2) is 0 Å². The van der Waals surface area contributed by atoms with Crippen LogP contribution in [0.25, 0.3) is 5.57 Å². The van der Waals surface area contributed by atoms with Crippen LogP contribution in [0.4, 0.5) is 0 Å². The molecule has 1 aromatic carbocycles. The number of benzene rings is 1. The molecule has 1 N–H and O–H groups in total. The van der Waals surface area contributed by atoms with Crippen molar-refractivity contribution in [1.29, 1.82) is 0 Å². The minimum Gasteiger partial charge on any atom is -0.293 e. The van der Waals surface area contributed by atoms with Gasteiger partial charge in [0.2, 0.25) is 5.91 Å². The molecule has 0 aliphatic carbocycles. The Morgan fingerprint density at radius 3 is 2.53 bits per heavy atom. The molecule has 0 radical (unpaired) electrons. The molecule has 1 aliphatic heterocycles. The maximum atomic E-state index is 11.4. The monoisotopic (exact) mass is 229 g/mol. The van der Waals surface area contributed by atoms with Crippen LogP contribution in [0.15, 0.2) is 24.3 Å². The third-order valence-corrected chi connectivity index (χ3v) is 3.07. The summed E-state index contributed by atoms with van der Waals surface area (Å²) >= 11 is 0. The number of carbonyl (C=O) groups is 2. The highest BCUT2D eigenvalue weighted by molar-refractivity contribution is 6.06. The van der Waals surface area contributed by atoms with Crippen LogP contribution in [0.3, 0.4) is 0 Å². The van der Waals surface area contributed by atoms with E-state index in [9.17, 15) is 9.59 Å². The summed E-state index contributed by atoms with van der Waals surface area (Å²) in [5.74, 6) is -0.522. The van der Waals surface area contributed by atoms with E-state index < -0.39 is 0 Å². The number of hydrogen-bond donors (Lipinski definition) is 1. The summed E-state index contributed by atoms with van der Waals surface area (Å²) in [6.07, 6.45) is 2.50. The third-order valence-electron chi connectivity index (χ3n) is 3.07. The molecule has 0 fully saturated rings. The van der Waals surface area contributed by atoms with Crippen LogP contribution in [0.5, 0.6) is 0 Å². The predicted octanol–water partition coefficient (Wildman–Crippen LogP) is 2.12. The standard InChI is InChI=1S/C14H15NO2/c1-9-3-4-11(7-10(9)2)12-5-6-13(16)15-14(17)8-12/h3-4,7-8H,5-6H2,1-2H3,(H,15,16,17). The molecule has 17 heavy (non-hydrogen) atoms. The van der Waals surface area contributed by atoms with E-state index in [1.807, 2.05) is 19.1 Å². The van der Waals surface area contributed by atoms with E-state index in [-0.39, 0.29) is 11.8 Å². The highest BCUT2D eigenvalue weighted by atomic mass is 16.2. The summed E-state index contributed by atoms with van der Waals surface area (Å²) in [5.41, 5.74) is 4.37. The highest BCUT2D eigenvalue weighted by Crippen LogP contribution is 2.23. The Morgan fingerprint density at radius 1 is 1.06 bits per heavy atom. The van der Waals surface area contributed by atoms with E-state index in [4.69, 9.17) is 0 Å². The molecule has 2 amide bonds. The van der Waals surface area contributed by atoms with Gasteiger partial charge in [-0.15, -0.1) is 0 Å². The van der Waals surface area contributed by atoms with E-state index in [1.165, 1.54) is 17.2 Å². The molecule has 0 saturated heterocycles. The maximum absolute atomic E-state index is 11.4. The van der Waals surface area contributed by atoms with Crippen molar-refractivity contribution >= 4 is 17.4 Å². The number of amides is 2. The molecule has 1 heterocycles. The Hall–Kier alpha value is -1.90. The summed E-state index contributed by atoms with van der Waals surface area (Å²) in [4.78, 5) is 22.6. The van der Waals surface area contributed by atoms with Crippen LogP contribution < -0.4 is 5.32 Å². The van der Waals surface area contributed by atoms with Gasteiger partial charge < -0.3 is 0 Å². The molecule has 0 unspecified atom stereocenters. The molecule has 3 heteroatoms. The van der Waals surface area contributed by atoms with E-state index in [2.05, 4.69) is 18.3 Å². The summed E-state index contributed by atoms with van der Waals surface area (Å²) in [7, 11) is 0. The van der Waals surface area contributed by atoms with Gasteiger partial charge in [-0.2, -0.15) is 0 Å². The topological polar surface area (TPSA) is 46.2 Å². The smallest absolute Gasteiger partial charge is 0.250 e. The zero-order valence-corrected chi connectivity index (χ0v) is 10.0. The van der Waals surface area contributed by atoms with Crippen LogP contribution in [0.1, 0.15) is 29.5 Å². The number of rotatable bonds is 1. The Labute approximate surface area is 101 Å². The quantitative estimate of drug-likeness (QED) is 0.750. The zero-order chi connectivity index (χ0) is 12.4. The van der Waals surface area contributed by atoms with Gasteiger partial charge >= 0.3 is 0 Å². The van der Waals surface area contributed by atoms with Gasteiger partial charge in [0.05, 0.1) is 0 Å². The zero-order valence-electron chi connectivity index (χ0n) is 10.0. The van der Waals surface area contributed by atoms with Gasteiger partial charge in [-0.3, -0.25) is 14.9 Å². The molecule has 88 valence electrons. The molecular formula is C14H15NO2. The van der Waals surface area contributed by atoms with Crippen molar-refractivity contribution in [3.05, 3.63) is 41.0 Å². The molecule has 0 saturated carbocycles. The number of imide groups is 1. The first-order valence-electron chi connectivity index (χ1n) is 5.68. The fourth-order valence-corrected chi connectivity index (χ4v) is 1.88. The van der Waals surface area contributed by atoms with Crippen molar-refractivity contribution in [3.63, 3.8) is 0 Å². The average molecular weight is 229 g/mol. The fraction of sp³-hybridized carbons (Fsp3) is 0.286. The van der Waals surface area contributed by atoms with Crippen molar-refractivity contribution < 1.29 is 9.59 Å². The van der Waals surface area contributed by atoms with Gasteiger partial charge in [0, 0.05) is 12.5 Å². The fourth-order valence-electron chi connectivity index (χ4n) is 1.88.